The molecule has 2 aromatic rings. The van der Waals surface area contributed by atoms with E-state index in [1.807, 2.05) is 0 Å². The number of aryl methyl sites for hydroxylation is 1. The lowest BCUT2D eigenvalue weighted by Gasteiger charge is -2.53. The van der Waals surface area contributed by atoms with Crippen molar-refractivity contribution in [2.24, 2.45) is 17.3 Å². The first-order valence-electron chi connectivity index (χ1n) is 16.2. The summed E-state index contributed by atoms with van der Waals surface area (Å²) in [5.74, 6) is 1.26. The van der Waals surface area contributed by atoms with Gasteiger partial charge in [0.1, 0.15) is 0 Å². The Morgan fingerprint density at radius 1 is 0.927 bits per heavy atom. The van der Waals surface area contributed by atoms with E-state index in [9.17, 15) is 0 Å². The summed E-state index contributed by atoms with van der Waals surface area (Å²) in [6.07, 6.45) is 20.5. The van der Waals surface area contributed by atoms with E-state index in [0.29, 0.717) is 17.9 Å². The summed E-state index contributed by atoms with van der Waals surface area (Å²) in [5.41, 5.74) is 14.9. The van der Waals surface area contributed by atoms with Crippen molar-refractivity contribution in [1.82, 2.24) is 0 Å². The Labute approximate surface area is 248 Å². The molecule has 1 aliphatic heterocycles. The molecule has 41 heavy (non-hydrogen) atoms. The fraction of sp³-hybridized carbons (Fsp3) is 0.450. The minimum atomic E-state index is -0.129. The zero-order valence-electron chi connectivity index (χ0n) is 26.1. The van der Waals surface area contributed by atoms with Crippen molar-refractivity contribution in [1.29, 1.82) is 0 Å². The molecule has 0 spiro atoms. The number of nitrogens with zero attached hydrogens (tertiary/aromatic N) is 1. The number of hydrogen-bond donors (Lipinski definition) is 0. The largest absolute Gasteiger partial charge is 0.341 e. The number of allylic oxidation sites excluding steroid dienone is 8. The highest BCUT2D eigenvalue weighted by molar-refractivity contribution is 5.83. The lowest BCUT2D eigenvalue weighted by molar-refractivity contribution is 0.270. The molecule has 4 unspecified atom stereocenters. The van der Waals surface area contributed by atoms with Gasteiger partial charge in [-0.1, -0.05) is 106 Å². The van der Waals surface area contributed by atoms with Crippen LogP contribution in [0.2, 0.25) is 0 Å². The maximum absolute atomic E-state index is 2.71. The van der Waals surface area contributed by atoms with Gasteiger partial charge >= 0.3 is 0 Å². The van der Waals surface area contributed by atoms with Crippen LogP contribution >= 0.6 is 0 Å². The quantitative estimate of drug-likeness (QED) is 0.348. The van der Waals surface area contributed by atoms with Gasteiger partial charge in [-0.15, -0.1) is 0 Å². The zero-order valence-corrected chi connectivity index (χ0v) is 26.1. The Bertz CT molecular complexity index is 1540. The van der Waals surface area contributed by atoms with Crippen molar-refractivity contribution in [2.75, 3.05) is 4.90 Å². The molecule has 5 aliphatic rings. The molecule has 1 nitrogen and oxygen atoms in total. The van der Waals surface area contributed by atoms with Crippen molar-refractivity contribution in [3.8, 4) is 0 Å². The fourth-order valence-electron chi connectivity index (χ4n) is 9.19. The minimum absolute atomic E-state index is 0.0327. The van der Waals surface area contributed by atoms with Crippen LogP contribution in [0.15, 0.2) is 95.3 Å². The summed E-state index contributed by atoms with van der Waals surface area (Å²) in [6, 6.07) is 17.7. The Morgan fingerprint density at radius 2 is 1.71 bits per heavy atom. The van der Waals surface area contributed by atoms with Gasteiger partial charge in [-0.3, -0.25) is 0 Å². The van der Waals surface area contributed by atoms with E-state index in [2.05, 4.69) is 119 Å². The maximum Gasteiger partial charge on any atom is 0.0445 e. The number of benzene rings is 2. The van der Waals surface area contributed by atoms with E-state index in [-0.39, 0.29) is 10.8 Å². The van der Waals surface area contributed by atoms with Gasteiger partial charge in [0.05, 0.1) is 0 Å². The first-order valence-corrected chi connectivity index (χ1v) is 16.2. The third-order valence-corrected chi connectivity index (χ3v) is 11.5. The highest BCUT2D eigenvalue weighted by Gasteiger charge is 2.52. The Kier molecular flexibility index (Phi) is 6.38. The van der Waals surface area contributed by atoms with Gasteiger partial charge in [0.2, 0.25) is 0 Å². The van der Waals surface area contributed by atoms with E-state index in [1.165, 1.54) is 60.0 Å². The standard InChI is InChI=1S/C40H47N/c1-7-12-28-23-27(3)25-35-38(28)33-22-17-26(2)24-34(33)40(6,39(35,4)5)29-18-20-30(21-19-29)41-36-15-10-8-13-31(36)32-14-9-11-16-37(32)41/h8-10,14,17-22,24-25,28,31,36H,7,11-13,15-16,23H2,1-6H3. The average Bonchev–Trinajstić information content (AvgIpc) is 3.31. The Balaban J connectivity index is 1.35. The molecule has 1 heterocycles. The Morgan fingerprint density at radius 3 is 2.49 bits per heavy atom. The molecule has 2 aromatic carbocycles. The number of fused-ring (bicyclic) bond motifs is 4. The maximum atomic E-state index is 2.71. The van der Waals surface area contributed by atoms with Crippen LogP contribution in [0, 0.1) is 24.2 Å². The third-order valence-electron chi connectivity index (χ3n) is 11.5. The SMILES string of the molecule is CCCC1CC(C)=CC2=C1c1ccc(C)cc1C(C)(c1ccc(N3C4=C(C=CCC4)C4CC=CCC43)cc1)C2(C)C. The fourth-order valence-corrected chi connectivity index (χ4v) is 9.19. The van der Waals surface area contributed by atoms with Crippen LogP contribution in [-0.2, 0) is 5.41 Å². The molecule has 0 amide bonds. The smallest absolute Gasteiger partial charge is 0.0445 e. The second-order valence-corrected chi connectivity index (χ2v) is 14.2. The second-order valence-electron chi connectivity index (χ2n) is 14.2. The molecule has 7 rings (SSSR count). The summed E-state index contributed by atoms with van der Waals surface area (Å²) in [7, 11) is 0. The summed E-state index contributed by atoms with van der Waals surface area (Å²) in [4.78, 5) is 2.71. The lowest BCUT2D eigenvalue weighted by atomic mass is 9.50. The normalized spacial score (nSPS) is 29.7. The van der Waals surface area contributed by atoms with E-state index in [4.69, 9.17) is 0 Å². The van der Waals surface area contributed by atoms with Crippen LogP contribution in [0.25, 0.3) is 5.57 Å². The predicted octanol–water partition coefficient (Wildman–Crippen LogP) is 10.6. The molecule has 0 aromatic heterocycles. The molecule has 0 N–H and O–H groups in total. The molecule has 1 heteroatoms. The molecule has 0 saturated heterocycles. The molecule has 0 fully saturated rings. The predicted molar refractivity (Wildman–Crippen MR) is 175 cm³/mol. The van der Waals surface area contributed by atoms with Crippen LogP contribution in [-0.4, -0.2) is 6.04 Å². The first-order chi connectivity index (χ1) is 19.8. The molecule has 4 atom stereocenters. The van der Waals surface area contributed by atoms with Crippen LogP contribution in [0.3, 0.4) is 0 Å². The first kappa shape index (κ1) is 26.8. The van der Waals surface area contributed by atoms with Crippen LogP contribution in [0.1, 0.15) is 102 Å². The second kappa shape index (κ2) is 9.75. The van der Waals surface area contributed by atoms with Gasteiger partial charge in [-0.2, -0.15) is 0 Å². The molecule has 4 aliphatic carbocycles. The Hall–Kier alpha value is -3.06. The van der Waals surface area contributed by atoms with Gasteiger partial charge in [-0.25, -0.2) is 0 Å². The lowest BCUT2D eigenvalue weighted by Crippen LogP contribution is -2.46. The highest BCUT2D eigenvalue weighted by atomic mass is 15.2. The zero-order chi connectivity index (χ0) is 28.5. The highest BCUT2D eigenvalue weighted by Crippen LogP contribution is 2.61. The number of anilines is 1. The summed E-state index contributed by atoms with van der Waals surface area (Å²) in [5, 5.41) is 0. The minimum Gasteiger partial charge on any atom is -0.341 e. The van der Waals surface area contributed by atoms with Crippen molar-refractivity contribution >= 4 is 11.3 Å². The van der Waals surface area contributed by atoms with Gasteiger partial charge < -0.3 is 4.90 Å². The third kappa shape index (κ3) is 3.87. The molecule has 212 valence electrons. The van der Waals surface area contributed by atoms with E-state index >= 15 is 0 Å². The molecule has 0 bridgehead atoms. The summed E-state index contributed by atoms with van der Waals surface area (Å²) >= 11 is 0. The average molecular weight is 542 g/mol. The van der Waals surface area contributed by atoms with Gasteiger partial charge in [0.25, 0.3) is 0 Å². The van der Waals surface area contributed by atoms with Crippen LogP contribution in [0.4, 0.5) is 5.69 Å². The molecule has 0 radical (unpaired) electrons. The van der Waals surface area contributed by atoms with Gasteiger partial charge in [0.15, 0.2) is 0 Å². The van der Waals surface area contributed by atoms with Gasteiger partial charge in [-0.05, 0) is 104 Å². The van der Waals surface area contributed by atoms with Crippen molar-refractivity contribution in [2.45, 2.75) is 97.9 Å². The van der Waals surface area contributed by atoms with E-state index in [1.54, 1.807) is 28.0 Å². The van der Waals surface area contributed by atoms with Crippen molar-refractivity contribution in [3.63, 3.8) is 0 Å². The van der Waals surface area contributed by atoms with Crippen molar-refractivity contribution in [3.05, 3.63) is 118 Å². The summed E-state index contributed by atoms with van der Waals surface area (Å²) in [6.45, 7) is 14.5. The number of rotatable bonds is 4. The molecular formula is C40H47N. The monoisotopic (exact) mass is 541 g/mol. The topological polar surface area (TPSA) is 3.24 Å². The van der Waals surface area contributed by atoms with E-state index in [0.717, 1.165) is 12.8 Å². The molecule has 0 saturated carbocycles. The number of hydrogen-bond acceptors (Lipinski definition) is 1. The van der Waals surface area contributed by atoms with Crippen molar-refractivity contribution < 1.29 is 0 Å². The summed E-state index contributed by atoms with van der Waals surface area (Å²) < 4.78 is 0. The van der Waals surface area contributed by atoms with Crippen LogP contribution < -0.4 is 4.90 Å². The van der Waals surface area contributed by atoms with E-state index < -0.39 is 0 Å². The van der Waals surface area contributed by atoms with Gasteiger partial charge in [0, 0.05) is 34.2 Å². The molecular weight excluding hydrogens is 494 g/mol. The van der Waals surface area contributed by atoms with Crippen LogP contribution in [0.5, 0.6) is 0 Å².